The molecule has 16 heavy (non-hydrogen) atoms. The van der Waals surface area contributed by atoms with Gasteiger partial charge in [0.25, 0.3) is 0 Å². The third kappa shape index (κ3) is 2.23. The number of aryl methyl sites for hydroxylation is 2. The summed E-state index contributed by atoms with van der Waals surface area (Å²) in [5, 5.41) is 12.2. The third-order valence-corrected chi connectivity index (χ3v) is 4.04. The lowest BCUT2D eigenvalue weighted by molar-refractivity contribution is -0.138. The fourth-order valence-electron chi connectivity index (χ4n) is 1.91. The lowest BCUT2D eigenvalue weighted by Crippen LogP contribution is -2.33. The maximum atomic E-state index is 10.8. The van der Waals surface area contributed by atoms with Crippen molar-refractivity contribution in [3.63, 3.8) is 0 Å². The molecular weight excluding hydrogens is 222 g/mol. The van der Waals surface area contributed by atoms with Gasteiger partial charge in [-0.1, -0.05) is 23.8 Å². The van der Waals surface area contributed by atoms with Crippen molar-refractivity contribution < 1.29 is 9.90 Å². The lowest BCUT2D eigenvalue weighted by atomic mass is 10.1. The fraction of sp³-hybridized carbons (Fsp3) is 0.417. The monoisotopic (exact) mass is 237 g/mol. The van der Waals surface area contributed by atoms with Crippen molar-refractivity contribution in [1.82, 2.24) is 5.32 Å². The molecule has 1 aliphatic rings. The van der Waals surface area contributed by atoms with Crippen LogP contribution >= 0.6 is 11.8 Å². The number of thioether (sulfide) groups is 1. The first-order valence-corrected chi connectivity index (χ1v) is 6.30. The van der Waals surface area contributed by atoms with Crippen LogP contribution in [0.15, 0.2) is 18.2 Å². The summed E-state index contributed by atoms with van der Waals surface area (Å²) in [6.45, 7) is 4.13. The molecule has 0 spiro atoms. The van der Waals surface area contributed by atoms with Gasteiger partial charge in [0.1, 0.15) is 6.04 Å². The van der Waals surface area contributed by atoms with E-state index in [0.29, 0.717) is 5.75 Å². The highest BCUT2D eigenvalue weighted by molar-refractivity contribution is 7.99. The van der Waals surface area contributed by atoms with E-state index in [1.54, 1.807) is 11.8 Å². The molecule has 2 rings (SSSR count). The molecule has 1 fully saturated rings. The van der Waals surface area contributed by atoms with Gasteiger partial charge in [-0.25, -0.2) is 0 Å². The number of hydrogen-bond acceptors (Lipinski definition) is 3. The Kier molecular flexibility index (Phi) is 3.21. The van der Waals surface area contributed by atoms with E-state index in [-0.39, 0.29) is 5.37 Å². The number of rotatable bonds is 2. The smallest absolute Gasteiger partial charge is 0.321 e. The number of carbonyl (C=O) groups is 1. The number of hydrogen-bond donors (Lipinski definition) is 2. The van der Waals surface area contributed by atoms with Gasteiger partial charge in [0.15, 0.2) is 0 Å². The average Bonchev–Trinajstić information content (AvgIpc) is 2.66. The van der Waals surface area contributed by atoms with Gasteiger partial charge in [-0.15, -0.1) is 11.8 Å². The van der Waals surface area contributed by atoms with Gasteiger partial charge in [-0.3, -0.25) is 10.1 Å². The predicted octanol–water partition coefficient (Wildman–Crippen LogP) is 2.09. The van der Waals surface area contributed by atoms with E-state index in [1.807, 2.05) is 0 Å². The van der Waals surface area contributed by atoms with Crippen molar-refractivity contribution in [3.8, 4) is 0 Å². The van der Waals surface area contributed by atoms with Crippen LogP contribution < -0.4 is 5.32 Å². The van der Waals surface area contributed by atoms with Crippen molar-refractivity contribution >= 4 is 17.7 Å². The molecule has 0 bridgehead atoms. The molecule has 1 saturated heterocycles. The Bertz CT molecular complexity index is 419. The van der Waals surface area contributed by atoms with Crippen LogP contribution in [-0.2, 0) is 4.79 Å². The Morgan fingerprint density at radius 3 is 2.81 bits per heavy atom. The molecular formula is C12H15NO2S. The Morgan fingerprint density at radius 2 is 2.25 bits per heavy atom. The molecule has 1 aromatic rings. The van der Waals surface area contributed by atoms with Crippen molar-refractivity contribution in [1.29, 1.82) is 0 Å². The first kappa shape index (κ1) is 11.5. The second-order valence-electron chi connectivity index (χ2n) is 4.13. The summed E-state index contributed by atoms with van der Waals surface area (Å²) in [6, 6.07) is 5.86. The third-order valence-electron chi connectivity index (χ3n) is 2.79. The highest BCUT2D eigenvalue weighted by atomic mass is 32.2. The second kappa shape index (κ2) is 4.47. The van der Waals surface area contributed by atoms with Crippen molar-refractivity contribution in [3.05, 3.63) is 34.9 Å². The molecule has 4 heteroatoms. The van der Waals surface area contributed by atoms with Crippen LogP contribution in [0.1, 0.15) is 22.1 Å². The van der Waals surface area contributed by atoms with E-state index in [1.165, 1.54) is 16.7 Å². The molecule has 1 aromatic carbocycles. The van der Waals surface area contributed by atoms with Gasteiger partial charge < -0.3 is 5.11 Å². The van der Waals surface area contributed by atoms with Crippen LogP contribution in [0.3, 0.4) is 0 Å². The van der Waals surface area contributed by atoms with Crippen molar-refractivity contribution in [2.24, 2.45) is 0 Å². The second-order valence-corrected chi connectivity index (χ2v) is 5.27. The summed E-state index contributed by atoms with van der Waals surface area (Å²) in [5.41, 5.74) is 3.65. The molecule has 2 atom stereocenters. The minimum absolute atomic E-state index is 0.113. The van der Waals surface area contributed by atoms with Crippen LogP contribution in [0, 0.1) is 13.8 Å². The summed E-state index contributed by atoms with van der Waals surface area (Å²) < 4.78 is 0. The summed E-state index contributed by atoms with van der Waals surface area (Å²) in [6.07, 6.45) is 0. The molecule has 1 aliphatic heterocycles. The van der Waals surface area contributed by atoms with E-state index >= 15 is 0 Å². The minimum Gasteiger partial charge on any atom is -0.480 e. The average molecular weight is 237 g/mol. The summed E-state index contributed by atoms with van der Waals surface area (Å²) >= 11 is 1.66. The van der Waals surface area contributed by atoms with Gasteiger partial charge in [-0.05, 0) is 25.0 Å². The molecule has 2 N–H and O–H groups in total. The molecule has 1 heterocycles. The van der Waals surface area contributed by atoms with E-state index < -0.39 is 12.0 Å². The summed E-state index contributed by atoms with van der Waals surface area (Å²) in [7, 11) is 0. The Morgan fingerprint density at radius 1 is 1.50 bits per heavy atom. The topological polar surface area (TPSA) is 49.3 Å². The molecule has 3 nitrogen and oxygen atoms in total. The Hall–Kier alpha value is -1.00. The van der Waals surface area contributed by atoms with Gasteiger partial charge in [0.05, 0.1) is 5.37 Å². The Labute approximate surface area is 99.2 Å². The van der Waals surface area contributed by atoms with Crippen molar-refractivity contribution in [2.75, 3.05) is 5.75 Å². The molecule has 0 unspecified atom stereocenters. The van der Waals surface area contributed by atoms with Crippen LogP contribution in [0.5, 0.6) is 0 Å². The number of benzene rings is 1. The minimum atomic E-state index is -0.764. The van der Waals surface area contributed by atoms with E-state index in [4.69, 9.17) is 5.11 Å². The zero-order valence-electron chi connectivity index (χ0n) is 9.36. The highest BCUT2D eigenvalue weighted by Gasteiger charge is 2.30. The quantitative estimate of drug-likeness (QED) is 0.827. The molecule has 86 valence electrons. The molecule has 0 amide bonds. The van der Waals surface area contributed by atoms with Crippen LogP contribution in [0.4, 0.5) is 0 Å². The maximum Gasteiger partial charge on any atom is 0.321 e. The Balaban J connectivity index is 2.17. The van der Waals surface area contributed by atoms with Gasteiger partial charge >= 0.3 is 5.97 Å². The number of nitrogens with one attached hydrogen (secondary N) is 1. The zero-order chi connectivity index (χ0) is 11.7. The summed E-state index contributed by atoms with van der Waals surface area (Å²) in [5.74, 6) is -0.132. The normalized spacial score (nSPS) is 24.6. The first-order chi connectivity index (χ1) is 7.58. The standard InChI is InChI=1S/C12H15NO2S/c1-7-3-4-9(8(2)5-7)11-13-10(6-16-11)12(14)15/h3-5,10-11,13H,6H2,1-2H3,(H,14,15)/t10-,11-/m1/s1. The van der Waals surface area contributed by atoms with E-state index in [9.17, 15) is 4.79 Å². The fourth-order valence-corrected chi connectivity index (χ4v) is 3.24. The van der Waals surface area contributed by atoms with Crippen LogP contribution in [-0.4, -0.2) is 22.9 Å². The van der Waals surface area contributed by atoms with Crippen LogP contribution in [0.25, 0.3) is 0 Å². The predicted molar refractivity (Wildman–Crippen MR) is 65.7 cm³/mol. The summed E-state index contributed by atoms with van der Waals surface area (Å²) in [4.78, 5) is 10.8. The maximum absolute atomic E-state index is 10.8. The van der Waals surface area contributed by atoms with Crippen molar-refractivity contribution in [2.45, 2.75) is 25.3 Å². The SMILES string of the molecule is Cc1ccc([C@@H]2N[C@@H](C(=O)O)CS2)c(C)c1. The van der Waals surface area contributed by atoms with E-state index in [0.717, 1.165) is 0 Å². The molecule has 0 aromatic heterocycles. The largest absolute Gasteiger partial charge is 0.480 e. The van der Waals surface area contributed by atoms with Gasteiger partial charge in [0, 0.05) is 5.75 Å². The first-order valence-electron chi connectivity index (χ1n) is 5.25. The number of aliphatic carboxylic acids is 1. The highest BCUT2D eigenvalue weighted by Crippen LogP contribution is 2.34. The lowest BCUT2D eigenvalue weighted by Gasteiger charge is -2.14. The van der Waals surface area contributed by atoms with E-state index in [2.05, 4.69) is 37.4 Å². The zero-order valence-corrected chi connectivity index (χ0v) is 10.2. The van der Waals surface area contributed by atoms with Crippen LogP contribution in [0.2, 0.25) is 0 Å². The van der Waals surface area contributed by atoms with Gasteiger partial charge in [-0.2, -0.15) is 0 Å². The number of carboxylic acid groups (broad SMARTS) is 1. The number of carboxylic acids is 1. The van der Waals surface area contributed by atoms with Gasteiger partial charge in [0.2, 0.25) is 0 Å². The molecule has 0 saturated carbocycles. The molecule has 0 radical (unpaired) electrons. The molecule has 0 aliphatic carbocycles.